The predicted molar refractivity (Wildman–Crippen MR) is 131 cm³/mol. The van der Waals surface area contributed by atoms with Crippen LogP contribution in [-0.4, -0.2) is 46.3 Å². The Hall–Kier alpha value is -4.28. The SMILES string of the molecule is COc1ccc(/C=N/Nc2nc(Nc3ccc([N+](=O)[O-])cc3)nc(N3CCCCCC3)n2)cc1. The molecule has 2 aromatic carbocycles. The van der Waals surface area contributed by atoms with Crippen LogP contribution in [0.3, 0.4) is 0 Å². The molecule has 11 heteroatoms. The Bertz CT molecular complexity index is 1130. The van der Waals surface area contributed by atoms with Crippen molar-refractivity contribution >= 4 is 35.4 Å². The lowest BCUT2D eigenvalue weighted by Crippen LogP contribution is -2.26. The number of anilines is 4. The third kappa shape index (κ3) is 6.15. The van der Waals surface area contributed by atoms with Crippen molar-refractivity contribution in [3.05, 3.63) is 64.2 Å². The van der Waals surface area contributed by atoms with Gasteiger partial charge < -0.3 is 15.0 Å². The van der Waals surface area contributed by atoms with Crippen LogP contribution in [0.15, 0.2) is 53.6 Å². The Balaban J connectivity index is 1.55. The maximum atomic E-state index is 10.9. The van der Waals surface area contributed by atoms with Crippen LogP contribution in [0.4, 0.5) is 29.2 Å². The molecule has 1 saturated heterocycles. The number of methoxy groups -OCH3 is 1. The molecule has 3 aromatic rings. The number of aromatic nitrogens is 3. The van der Waals surface area contributed by atoms with Crippen LogP contribution in [0.25, 0.3) is 0 Å². The highest BCUT2D eigenvalue weighted by molar-refractivity contribution is 5.80. The van der Waals surface area contributed by atoms with Crippen molar-refractivity contribution in [2.24, 2.45) is 5.10 Å². The average Bonchev–Trinajstić information content (AvgIpc) is 3.14. The van der Waals surface area contributed by atoms with Crippen LogP contribution in [0.2, 0.25) is 0 Å². The van der Waals surface area contributed by atoms with Gasteiger partial charge in [0, 0.05) is 30.9 Å². The summed E-state index contributed by atoms with van der Waals surface area (Å²) in [5.41, 5.74) is 4.42. The minimum absolute atomic E-state index is 0.0154. The molecule has 1 aliphatic heterocycles. The van der Waals surface area contributed by atoms with Gasteiger partial charge in [0.15, 0.2) is 0 Å². The maximum Gasteiger partial charge on any atom is 0.269 e. The second-order valence-corrected chi connectivity index (χ2v) is 7.76. The van der Waals surface area contributed by atoms with E-state index < -0.39 is 4.92 Å². The number of rotatable bonds is 8. The fourth-order valence-corrected chi connectivity index (χ4v) is 3.53. The first-order valence-electron chi connectivity index (χ1n) is 11.1. The molecule has 0 bridgehead atoms. The molecule has 2 N–H and O–H groups in total. The topological polar surface area (TPSA) is 131 Å². The lowest BCUT2D eigenvalue weighted by Gasteiger charge is -2.21. The Labute approximate surface area is 197 Å². The van der Waals surface area contributed by atoms with Gasteiger partial charge in [0.1, 0.15) is 5.75 Å². The molecule has 2 heterocycles. The second-order valence-electron chi connectivity index (χ2n) is 7.76. The molecule has 0 unspecified atom stereocenters. The van der Waals surface area contributed by atoms with E-state index in [1.54, 1.807) is 25.5 Å². The molecule has 34 heavy (non-hydrogen) atoms. The van der Waals surface area contributed by atoms with E-state index in [4.69, 9.17) is 4.74 Å². The molecule has 0 saturated carbocycles. The first-order valence-corrected chi connectivity index (χ1v) is 11.1. The van der Waals surface area contributed by atoms with Crippen molar-refractivity contribution < 1.29 is 9.66 Å². The summed E-state index contributed by atoms with van der Waals surface area (Å²) in [6.07, 6.45) is 6.20. The molecule has 4 rings (SSSR count). The molecule has 11 nitrogen and oxygen atoms in total. The molecular formula is C23H26N8O3. The Morgan fingerprint density at radius 3 is 2.29 bits per heavy atom. The van der Waals surface area contributed by atoms with Crippen LogP contribution >= 0.6 is 0 Å². The molecule has 1 aliphatic rings. The van der Waals surface area contributed by atoms with E-state index >= 15 is 0 Å². The van der Waals surface area contributed by atoms with Crippen molar-refractivity contribution in [2.75, 3.05) is 35.8 Å². The zero-order valence-corrected chi connectivity index (χ0v) is 18.8. The molecule has 0 spiro atoms. The first kappa shape index (κ1) is 22.9. The third-order valence-corrected chi connectivity index (χ3v) is 5.34. The van der Waals surface area contributed by atoms with E-state index in [-0.39, 0.29) is 5.69 Å². The van der Waals surface area contributed by atoms with E-state index in [9.17, 15) is 10.1 Å². The minimum atomic E-state index is -0.437. The van der Waals surface area contributed by atoms with Gasteiger partial charge in [-0.2, -0.15) is 20.1 Å². The van der Waals surface area contributed by atoms with Gasteiger partial charge in [0.05, 0.1) is 18.2 Å². The van der Waals surface area contributed by atoms with Crippen LogP contribution in [0.1, 0.15) is 31.2 Å². The van der Waals surface area contributed by atoms with E-state index in [2.05, 4.69) is 35.7 Å². The van der Waals surface area contributed by atoms with Gasteiger partial charge in [-0.25, -0.2) is 5.43 Å². The van der Waals surface area contributed by atoms with Gasteiger partial charge >= 0.3 is 0 Å². The van der Waals surface area contributed by atoms with Crippen molar-refractivity contribution in [1.82, 2.24) is 15.0 Å². The fraction of sp³-hybridized carbons (Fsp3) is 0.304. The van der Waals surface area contributed by atoms with Crippen molar-refractivity contribution in [2.45, 2.75) is 25.7 Å². The molecule has 0 radical (unpaired) electrons. The lowest BCUT2D eigenvalue weighted by molar-refractivity contribution is -0.384. The van der Waals surface area contributed by atoms with E-state index in [1.807, 2.05) is 24.3 Å². The predicted octanol–water partition coefficient (Wildman–Crippen LogP) is 4.36. The van der Waals surface area contributed by atoms with Crippen molar-refractivity contribution in [3.8, 4) is 5.75 Å². The zero-order valence-electron chi connectivity index (χ0n) is 18.8. The van der Waals surface area contributed by atoms with E-state index in [0.717, 1.165) is 37.2 Å². The summed E-state index contributed by atoms with van der Waals surface area (Å²) in [7, 11) is 1.62. The molecule has 0 atom stereocenters. The molecule has 1 aromatic heterocycles. The largest absolute Gasteiger partial charge is 0.497 e. The molecule has 176 valence electrons. The Morgan fingerprint density at radius 2 is 1.65 bits per heavy atom. The van der Waals surface area contributed by atoms with E-state index in [0.29, 0.717) is 23.5 Å². The number of ether oxygens (including phenoxy) is 1. The first-order chi connectivity index (χ1) is 16.6. The van der Waals surface area contributed by atoms with Crippen LogP contribution in [-0.2, 0) is 0 Å². The summed E-state index contributed by atoms with van der Waals surface area (Å²) >= 11 is 0. The number of nitrogens with zero attached hydrogens (tertiary/aromatic N) is 6. The van der Waals surface area contributed by atoms with Crippen LogP contribution < -0.4 is 20.4 Å². The highest BCUT2D eigenvalue weighted by atomic mass is 16.6. The van der Waals surface area contributed by atoms with Gasteiger partial charge in [-0.1, -0.05) is 12.8 Å². The quantitative estimate of drug-likeness (QED) is 0.285. The van der Waals surface area contributed by atoms with Crippen LogP contribution in [0, 0.1) is 10.1 Å². The number of hydrogen-bond acceptors (Lipinski definition) is 10. The number of hydrazone groups is 1. The summed E-state index contributed by atoms with van der Waals surface area (Å²) in [4.78, 5) is 26.2. The summed E-state index contributed by atoms with van der Waals surface area (Å²) in [6.45, 7) is 1.74. The minimum Gasteiger partial charge on any atom is -0.497 e. The standard InChI is InChI=1S/C23H26N8O3/c1-34-20-12-6-17(7-13-20)16-24-29-22-26-21(25-18-8-10-19(11-9-18)31(32)33)27-23(28-22)30-14-4-2-3-5-15-30/h6-13,16H,2-5,14-15H2,1H3,(H2,25,26,27,28,29)/b24-16+. The van der Waals surface area contributed by atoms with Crippen LogP contribution in [0.5, 0.6) is 5.75 Å². The summed E-state index contributed by atoms with van der Waals surface area (Å²) in [6, 6.07) is 13.6. The summed E-state index contributed by atoms with van der Waals surface area (Å²) in [5.74, 6) is 1.95. The lowest BCUT2D eigenvalue weighted by atomic mass is 10.2. The normalized spacial score (nSPS) is 14.0. The van der Waals surface area contributed by atoms with E-state index in [1.165, 1.54) is 25.0 Å². The fourth-order valence-electron chi connectivity index (χ4n) is 3.53. The van der Waals surface area contributed by atoms with Crippen molar-refractivity contribution in [1.29, 1.82) is 0 Å². The average molecular weight is 463 g/mol. The maximum absolute atomic E-state index is 10.9. The van der Waals surface area contributed by atoms with Gasteiger partial charge in [-0.05, 0) is 54.8 Å². The van der Waals surface area contributed by atoms with Crippen molar-refractivity contribution in [3.63, 3.8) is 0 Å². The van der Waals surface area contributed by atoms with Gasteiger partial charge in [0.2, 0.25) is 17.8 Å². The number of benzene rings is 2. The molecule has 0 aliphatic carbocycles. The highest BCUT2D eigenvalue weighted by Gasteiger charge is 2.16. The number of nitro benzene ring substituents is 1. The molecular weight excluding hydrogens is 436 g/mol. The van der Waals surface area contributed by atoms with Gasteiger partial charge in [-0.15, -0.1) is 0 Å². The number of nitrogens with one attached hydrogen (secondary N) is 2. The monoisotopic (exact) mass is 462 g/mol. The Morgan fingerprint density at radius 1 is 0.971 bits per heavy atom. The number of nitro groups is 1. The van der Waals surface area contributed by atoms with Gasteiger partial charge in [-0.3, -0.25) is 10.1 Å². The Kier molecular flexibility index (Phi) is 7.43. The third-order valence-electron chi connectivity index (χ3n) is 5.34. The molecule has 1 fully saturated rings. The smallest absolute Gasteiger partial charge is 0.269 e. The van der Waals surface area contributed by atoms with Gasteiger partial charge in [0.25, 0.3) is 5.69 Å². The second kappa shape index (κ2) is 11.0. The highest BCUT2D eigenvalue weighted by Crippen LogP contribution is 2.22. The molecule has 0 amide bonds. The summed E-state index contributed by atoms with van der Waals surface area (Å²) < 4.78 is 5.17. The number of non-ortho nitro benzene ring substituents is 1. The number of hydrogen-bond donors (Lipinski definition) is 2. The zero-order chi connectivity index (χ0) is 23.8. The summed E-state index contributed by atoms with van der Waals surface area (Å²) in [5, 5.41) is 18.3.